The van der Waals surface area contributed by atoms with Crippen molar-refractivity contribution < 1.29 is 14.3 Å². The fourth-order valence-corrected chi connectivity index (χ4v) is 2.79. The van der Waals surface area contributed by atoms with Crippen molar-refractivity contribution in [3.05, 3.63) is 47.1 Å². The minimum Gasteiger partial charge on any atom is -0.444 e. The summed E-state index contributed by atoms with van der Waals surface area (Å²) in [5, 5.41) is 9.63. The van der Waals surface area contributed by atoms with Crippen LogP contribution in [0.25, 0.3) is 5.65 Å². The number of alkyl carbamates (subject to hydrolysis) is 1. The van der Waals surface area contributed by atoms with Crippen LogP contribution in [0.2, 0.25) is 0 Å². The van der Waals surface area contributed by atoms with Crippen LogP contribution in [0, 0.1) is 0 Å². The second-order valence-corrected chi connectivity index (χ2v) is 8.01. The number of halogens is 1. The highest BCUT2D eigenvalue weighted by Crippen LogP contribution is 2.15. The van der Waals surface area contributed by atoms with E-state index in [4.69, 9.17) is 4.74 Å². The van der Waals surface area contributed by atoms with Crippen LogP contribution in [0.4, 0.5) is 10.5 Å². The summed E-state index contributed by atoms with van der Waals surface area (Å²) in [7, 11) is 0. The number of pyridine rings is 1. The predicted molar refractivity (Wildman–Crippen MR) is 107 cm³/mol. The van der Waals surface area contributed by atoms with Gasteiger partial charge in [-0.1, -0.05) is 0 Å². The zero-order chi connectivity index (χ0) is 20.3. The zero-order valence-electron chi connectivity index (χ0n) is 15.8. The highest BCUT2D eigenvalue weighted by molar-refractivity contribution is 9.10. The number of carbonyl (C=O) groups excluding carboxylic acids is 2. The lowest BCUT2D eigenvalue weighted by Gasteiger charge is -2.19. The molecular weight excluding hydrogens is 428 g/mol. The fourth-order valence-electron chi connectivity index (χ4n) is 2.45. The third-order valence-electron chi connectivity index (χ3n) is 3.60. The van der Waals surface area contributed by atoms with Gasteiger partial charge in [0.25, 0.3) is 5.91 Å². The molecule has 0 saturated heterocycles. The highest BCUT2D eigenvalue weighted by Gasteiger charge is 2.16. The SMILES string of the molecule is CC(C)(C)OC(=O)NCCn1cc(NC(=O)c2cnc3ccc(Br)cn23)cn1. The van der Waals surface area contributed by atoms with Crippen LogP contribution in [-0.2, 0) is 11.3 Å². The number of fused-ring (bicyclic) bond motifs is 1. The Kier molecular flexibility index (Phi) is 5.68. The molecule has 0 aromatic carbocycles. The summed E-state index contributed by atoms with van der Waals surface area (Å²) in [5.74, 6) is -0.294. The van der Waals surface area contributed by atoms with E-state index >= 15 is 0 Å². The number of imidazole rings is 1. The molecule has 0 spiro atoms. The molecule has 0 unspecified atom stereocenters. The molecule has 9 nitrogen and oxygen atoms in total. The monoisotopic (exact) mass is 448 g/mol. The maximum atomic E-state index is 12.5. The van der Waals surface area contributed by atoms with Crippen LogP contribution in [0.5, 0.6) is 0 Å². The molecule has 148 valence electrons. The molecule has 0 aliphatic carbocycles. The van der Waals surface area contributed by atoms with E-state index in [-0.39, 0.29) is 5.91 Å². The zero-order valence-corrected chi connectivity index (χ0v) is 17.4. The number of ether oxygens (including phenoxy) is 1. The Morgan fingerprint density at radius 1 is 1.21 bits per heavy atom. The van der Waals surface area contributed by atoms with Gasteiger partial charge in [-0.15, -0.1) is 0 Å². The maximum absolute atomic E-state index is 12.5. The first-order chi connectivity index (χ1) is 13.2. The van der Waals surface area contributed by atoms with E-state index in [9.17, 15) is 9.59 Å². The van der Waals surface area contributed by atoms with Crippen molar-refractivity contribution in [2.45, 2.75) is 32.9 Å². The third-order valence-corrected chi connectivity index (χ3v) is 4.07. The van der Waals surface area contributed by atoms with Crippen molar-refractivity contribution in [3.63, 3.8) is 0 Å². The molecule has 3 aromatic heterocycles. The first kappa shape index (κ1) is 19.9. The van der Waals surface area contributed by atoms with Crippen molar-refractivity contribution in [2.24, 2.45) is 0 Å². The summed E-state index contributed by atoms with van der Waals surface area (Å²) in [5.41, 5.74) is 1.10. The summed E-state index contributed by atoms with van der Waals surface area (Å²) in [4.78, 5) is 28.4. The van der Waals surface area contributed by atoms with Crippen molar-refractivity contribution in [1.29, 1.82) is 0 Å². The summed E-state index contributed by atoms with van der Waals surface area (Å²) < 4.78 is 9.34. The highest BCUT2D eigenvalue weighted by atomic mass is 79.9. The largest absolute Gasteiger partial charge is 0.444 e. The Balaban J connectivity index is 1.56. The summed E-state index contributed by atoms with van der Waals surface area (Å²) in [6, 6.07) is 3.68. The lowest BCUT2D eigenvalue weighted by molar-refractivity contribution is 0.0525. The Hall–Kier alpha value is -2.88. The van der Waals surface area contributed by atoms with Crippen LogP contribution >= 0.6 is 15.9 Å². The van der Waals surface area contributed by atoms with Gasteiger partial charge in [0, 0.05) is 23.4 Å². The minimum absolute atomic E-state index is 0.294. The topological polar surface area (TPSA) is 103 Å². The molecule has 0 fully saturated rings. The number of aromatic nitrogens is 4. The van der Waals surface area contributed by atoms with Crippen molar-refractivity contribution in [3.8, 4) is 0 Å². The molecule has 0 atom stereocenters. The smallest absolute Gasteiger partial charge is 0.407 e. The first-order valence-electron chi connectivity index (χ1n) is 8.64. The second-order valence-electron chi connectivity index (χ2n) is 7.09. The van der Waals surface area contributed by atoms with E-state index in [0.29, 0.717) is 30.1 Å². The number of rotatable bonds is 5. The molecule has 2 N–H and O–H groups in total. The molecule has 0 aliphatic heterocycles. The van der Waals surface area contributed by atoms with Crippen LogP contribution in [-0.4, -0.2) is 43.3 Å². The number of nitrogens with zero attached hydrogens (tertiary/aromatic N) is 4. The predicted octanol–water partition coefficient (Wildman–Crippen LogP) is 3.07. The quantitative estimate of drug-likeness (QED) is 0.624. The third kappa shape index (κ3) is 5.10. The molecular formula is C18H21BrN6O3. The van der Waals surface area contributed by atoms with E-state index in [0.717, 1.165) is 4.47 Å². The van der Waals surface area contributed by atoms with E-state index in [1.54, 1.807) is 48.4 Å². The Morgan fingerprint density at radius 2 is 2.00 bits per heavy atom. The number of hydrogen-bond donors (Lipinski definition) is 2. The van der Waals surface area contributed by atoms with Gasteiger partial charge in [0.15, 0.2) is 0 Å². The normalized spacial score (nSPS) is 11.4. The van der Waals surface area contributed by atoms with Gasteiger partial charge in [-0.25, -0.2) is 9.78 Å². The van der Waals surface area contributed by atoms with E-state index in [1.165, 1.54) is 6.20 Å². The lowest BCUT2D eigenvalue weighted by atomic mass is 10.2. The molecule has 0 bridgehead atoms. The number of nitrogens with one attached hydrogen (secondary N) is 2. The van der Waals surface area contributed by atoms with Crippen molar-refractivity contribution in [1.82, 2.24) is 24.5 Å². The van der Waals surface area contributed by atoms with Crippen molar-refractivity contribution in [2.75, 3.05) is 11.9 Å². The number of carbonyl (C=O) groups is 2. The van der Waals surface area contributed by atoms with Gasteiger partial charge < -0.3 is 15.4 Å². The molecule has 0 saturated carbocycles. The van der Waals surface area contributed by atoms with Crippen LogP contribution in [0.1, 0.15) is 31.3 Å². The number of anilines is 1. The van der Waals surface area contributed by atoms with Gasteiger partial charge in [0.2, 0.25) is 0 Å². The van der Waals surface area contributed by atoms with E-state index in [1.807, 2.05) is 12.1 Å². The Labute approximate surface area is 170 Å². The standard InChI is InChI=1S/C18H21BrN6O3/c1-18(2,3)28-17(27)20-6-7-24-11-13(8-22-24)23-16(26)14-9-21-15-5-4-12(19)10-25(14)15/h4-5,8-11H,6-7H2,1-3H3,(H,20,27)(H,23,26). The summed E-state index contributed by atoms with van der Waals surface area (Å²) in [6.07, 6.45) is 6.06. The van der Waals surface area contributed by atoms with Gasteiger partial charge in [-0.2, -0.15) is 5.10 Å². The molecule has 0 radical (unpaired) electrons. The van der Waals surface area contributed by atoms with E-state index in [2.05, 4.69) is 36.6 Å². The second kappa shape index (κ2) is 8.01. The van der Waals surface area contributed by atoms with Gasteiger partial charge in [-0.05, 0) is 48.8 Å². The minimum atomic E-state index is -0.541. The van der Waals surface area contributed by atoms with E-state index < -0.39 is 11.7 Å². The summed E-state index contributed by atoms with van der Waals surface area (Å²) in [6.45, 7) is 6.20. The molecule has 3 aromatic rings. The van der Waals surface area contributed by atoms with Crippen LogP contribution in [0.3, 0.4) is 0 Å². The molecule has 0 aliphatic rings. The van der Waals surface area contributed by atoms with Gasteiger partial charge >= 0.3 is 6.09 Å². The molecule has 2 amide bonds. The summed E-state index contributed by atoms with van der Waals surface area (Å²) >= 11 is 3.39. The van der Waals surface area contributed by atoms with Crippen LogP contribution < -0.4 is 10.6 Å². The first-order valence-corrected chi connectivity index (χ1v) is 9.44. The van der Waals surface area contributed by atoms with Gasteiger partial charge in [0.05, 0.1) is 24.6 Å². The fraction of sp³-hybridized carbons (Fsp3) is 0.333. The molecule has 3 rings (SSSR count). The maximum Gasteiger partial charge on any atom is 0.407 e. The van der Waals surface area contributed by atoms with Gasteiger partial charge in [-0.3, -0.25) is 13.9 Å². The number of amides is 2. The average Bonchev–Trinajstić information content (AvgIpc) is 3.19. The lowest BCUT2D eigenvalue weighted by Crippen LogP contribution is -2.34. The average molecular weight is 449 g/mol. The number of hydrogen-bond acceptors (Lipinski definition) is 5. The van der Waals surface area contributed by atoms with Crippen molar-refractivity contribution >= 4 is 39.3 Å². The molecule has 3 heterocycles. The molecule has 10 heteroatoms. The van der Waals surface area contributed by atoms with Gasteiger partial charge in [0.1, 0.15) is 16.9 Å². The Bertz CT molecular complexity index is 1000. The van der Waals surface area contributed by atoms with Crippen LogP contribution in [0.15, 0.2) is 41.4 Å². The Morgan fingerprint density at radius 3 is 2.75 bits per heavy atom. The molecule has 28 heavy (non-hydrogen) atoms.